The number of hydrogen-bond donors (Lipinski definition) is 0. The number of carbonyl (C=O) groups is 1. The maximum absolute atomic E-state index is 11.1. The van der Waals surface area contributed by atoms with Gasteiger partial charge in [-0.3, -0.25) is 9.78 Å². The third-order valence-corrected chi connectivity index (χ3v) is 1.90. The molecule has 0 unspecified atom stereocenters. The molecule has 0 aliphatic rings. The second kappa shape index (κ2) is 3.41. The fourth-order valence-electron chi connectivity index (χ4n) is 1.17. The van der Waals surface area contributed by atoms with Crippen molar-refractivity contribution in [1.29, 1.82) is 0 Å². The molecular formula is C10H9N3O. The predicted octanol–water partition coefficient (Wildman–Crippen LogP) is 1.47. The highest BCUT2D eigenvalue weighted by molar-refractivity contribution is 5.94. The first kappa shape index (κ1) is 8.62. The Kier molecular flexibility index (Phi) is 2.10. The van der Waals surface area contributed by atoms with E-state index < -0.39 is 0 Å². The second-order valence-corrected chi connectivity index (χ2v) is 2.94. The molecule has 2 heterocycles. The van der Waals surface area contributed by atoms with Gasteiger partial charge in [-0.15, -0.1) is 0 Å². The first-order valence-corrected chi connectivity index (χ1v) is 4.23. The summed E-state index contributed by atoms with van der Waals surface area (Å²) in [4.78, 5) is 15.1. The van der Waals surface area contributed by atoms with Crippen molar-refractivity contribution in [1.82, 2.24) is 14.8 Å². The Bertz CT molecular complexity index is 448. The molecule has 2 aromatic rings. The molecule has 14 heavy (non-hydrogen) atoms. The normalized spacial score (nSPS) is 10.1. The summed E-state index contributed by atoms with van der Waals surface area (Å²) in [7, 11) is 0. The molecule has 4 nitrogen and oxygen atoms in total. The molecule has 0 saturated heterocycles. The van der Waals surface area contributed by atoms with Crippen molar-refractivity contribution in [3.63, 3.8) is 0 Å². The highest BCUT2D eigenvalue weighted by atomic mass is 16.1. The van der Waals surface area contributed by atoms with Crippen molar-refractivity contribution in [3.8, 4) is 5.69 Å². The number of Topliss-reactive ketones (excluding diaryl/α,β-unsaturated/α-hetero) is 1. The lowest BCUT2D eigenvalue weighted by atomic mass is 10.2. The molecule has 70 valence electrons. The van der Waals surface area contributed by atoms with Gasteiger partial charge >= 0.3 is 0 Å². The highest BCUT2D eigenvalue weighted by Gasteiger charge is 2.02. The molecule has 0 N–H and O–H groups in total. The molecule has 0 atom stereocenters. The van der Waals surface area contributed by atoms with Crippen molar-refractivity contribution in [2.24, 2.45) is 0 Å². The average molecular weight is 187 g/mol. The zero-order valence-corrected chi connectivity index (χ0v) is 7.71. The van der Waals surface area contributed by atoms with Gasteiger partial charge in [-0.25, -0.2) is 4.68 Å². The lowest BCUT2D eigenvalue weighted by molar-refractivity contribution is 0.101. The SMILES string of the molecule is CC(=O)c1cncc(-n2cccn2)c1. The van der Waals surface area contributed by atoms with Crippen LogP contribution < -0.4 is 0 Å². The van der Waals surface area contributed by atoms with Gasteiger partial charge in [-0.2, -0.15) is 5.10 Å². The molecule has 0 amide bonds. The van der Waals surface area contributed by atoms with Crippen molar-refractivity contribution in [3.05, 3.63) is 42.5 Å². The number of aromatic nitrogens is 3. The Labute approximate surface area is 81.2 Å². The summed E-state index contributed by atoms with van der Waals surface area (Å²) in [6.45, 7) is 1.52. The van der Waals surface area contributed by atoms with Crippen LogP contribution in [0.3, 0.4) is 0 Å². The Morgan fingerprint density at radius 2 is 2.29 bits per heavy atom. The van der Waals surface area contributed by atoms with Crippen LogP contribution in [0.15, 0.2) is 36.9 Å². The van der Waals surface area contributed by atoms with Crippen molar-refractivity contribution < 1.29 is 4.79 Å². The number of nitrogens with zero attached hydrogens (tertiary/aromatic N) is 3. The van der Waals surface area contributed by atoms with Crippen molar-refractivity contribution >= 4 is 5.78 Å². The van der Waals surface area contributed by atoms with Gasteiger partial charge in [0.15, 0.2) is 5.78 Å². The first-order valence-electron chi connectivity index (χ1n) is 4.23. The molecule has 2 rings (SSSR count). The maximum atomic E-state index is 11.1. The Balaban J connectivity index is 2.46. The van der Waals surface area contributed by atoms with Gasteiger partial charge in [-0.05, 0) is 19.1 Å². The van der Waals surface area contributed by atoms with E-state index in [1.807, 2.05) is 6.07 Å². The summed E-state index contributed by atoms with van der Waals surface area (Å²) in [6, 6.07) is 3.59. The molecule has 0 radical (unpaired) electrons. The summed E-state index contributed by atoms with van der Waals surface area (Å²) in [5, 5.41) is 4.05. The van der Waals surface area contributed by atoms with Crippen LogP contribution in [0.4, 0.5) is 0 Å². The Hall–Kier alpha value is -1.97. The Morgan fingerprint density at radius 1 is 1.43 bits per heavy atom. The van der Waals surface area contributed by atoms with E-state index in [-0.39, 0.29) is 5.78 Å². The van der Waals surface area contributed by atoms with Crippen LogP contribution in [0, 0.1) is 0 Å². The molecule has 0 bridgehead atoms. The van der Waals surface area contributed by atoms with Gasteiger partial charge in [0.25, 0.3) is 0 Å². The van der Waals surface area contributed by atoms with E-state index in [9.17, 15) is 4.79 Å². The zero-order chi connectivity index (χ0) is 9.97. The van der Waals surface area contributed by atoms with Gasteiger partial charge in [0, 0.05) is 24.2 Å². The molecule has 0 aromatic carbocycles. The third kappa shape index (κ3) is 1.54. The average Bonchev–Trinajstić information content (AvgIpc) is 2.71. The third-order valence-electron chi connectivity index (χ3n) is 1.90. The lowest BCUT2D eigenvalue weighted by Gasteiger charge is -2.01. The van der Waals surface area contributed by atoms with E-state index in [0.29, 0.717) is 5.56 Å². The summed E-state index contributed by atoms with van der Waals surface area (Å²) in [6.07, 6.45) is 6.70. The molecule has 0 fully saturated rings. The van der Waals surface area contributed by atoms with E-state index in [1.54, 1.807) is 35.5 Å². The fraction of sp³-hybridized carbons (Fsp3) is 0.100. The van der Waals surface area contributed by atoms with Crippen LogP contribution in [-0.2, 0) is 0 Å². The predicted molar refractivity (Wildman–Crippen MR) is 51.4 cm³/mol. The minimum absolute atomic E-state index is 0.00602. The summed E-state index contributed by atoms with van der Waals surface area (Å²) < 4.78 is 1.67. The summed E-state index contributed by atoms with van der Waals surface area (Å²) in [5.74, 6) is 0.00602. The number of hydrogen-bond acceptors (Lipinski definition) is 3. The standard InChI is InChI=1S/C10H9N3O/c1-8(14)9-5-10(7-11-6-9)13-4-2-3-12-13/h2-7H,1H3. The summed E-state index contributed by atoms with van der Waals surface area (Å²) >= 11 is 0. The van der Waals surface area contributed by atoms with Crippen LogP contribution in [0.1, 0.15) is 17.3 Å². The first-order chi connectivity index (χ1) is 6.77. The van der Waals surface area contributed by atoms with Gasteiger partial charge in [-0.1, -0.05) is 0 Å². The van der Waals surface area contributed by atoms with Gasteiger partial charge in [0.2, 0.25) is 0 Å². The quantitative estimate of drug-likeness (QED) is 0.669. The second-order valence-electron chi connectivity index (χ2n) is 2.94. The fourth-order valence-corrected chi connectivity index (χ4v) is 1.17. The van der Waals surface area contributed by atoms with E-state index >= 15 is 0 Å². The van der Waals surface area contributed by atoms with Crippen molar-refractivity contribution in [2.75, 3.05) is 0 Å². The maximum Gasteiger partial charge on any atom is 0.161 e. The lowest BCUT2D eigenvalue weighted by Crippen LogP contribution is -1.99. The number of pyridine rings is 1. The van der Waals surface area contributed by atoms with Crippen LogP contribution in [0.2, 0.25) is 0 Å². The molecule has 0 aliphatic carbocycles. The smallest absolute Gasteiger partial charge is 0.161 e. The number of rotatable bonds is 2. The number of ketones is 1. The van der Waals surface area contributed by atoms with E-state index in [2.05, 4.69) is 10.1 Å². The van der Waals surface area contributed by atoms with Crippen molar-refractivity contribution in [2.45, 2.75) is 6.92 Å². The van der Waals surface area contributed by atoms with Gasteiger partial charge < -0.3 is 0 Å². The van der Waals surface area contributed by atoms with Crippen LogP contribution >= 0.6 is 0 Å². The van der Waals surface area contributed by atoms with E-state index in [4.69, 9.17) is 0 Å². The minimum Gasteiger partial charge on any atom is -0.294 e. The Morgan fingerprint density at radius 3 is 2.93 bits per heavy atom. The molecule has 0 aliphatic heterocycles. The molecule has 2 aromatic heterocycles. The topological polar surface area (TPSA) is 47.8 Å². The van der Waals surface area contributed by atoms with E-state index in [0.717, 1.165) is 5.69 Å². The highest BCUT2D eigenvalue weighted by Crippen LogP contribution is 2.07. The minimum atomic E-state index is 0.00602. The summed E-state index contributed by atoms with van der Waals surface area (Å²) in [5.41, 5.74) is 1.39. The van der Waals surface area contributed by atoms with Crippen LogP contribution in [0.25, 0.3) is 5.69 Å². The monoisotopic (exact) mass is 187 g/mol. The van der Waals surface area contributed by atoms with Crippen LogP contribution in [0.5, 0.6) is 0 Å². The molecule has 0 saturated carbocycles. The van der Waals surface area contributed by atoms with Gasteiger partial charge in [0.1, 0.15) is 0 Å². The van der Waals surface area contributed by atoms with Gasteiger partial charge in [0.05, 0.1) is 11.9 Å². The van der Waals surface area contributed by atoms with Crippen LogP contribution in [-0.4, -0.2) is 20.5 Å². The number of carbonyl (C=O) groups excluding carboxylic acids is 1. The molecule has 4 heteroatoms. The zero-order valence-electron chi connectivity index (χ0n) is 7.71. The molecule has 0 spiro atoms. The molecular weight excluding hydrogens is 178 g/mol. The van der Waals surface area contributed by atoms with E-state index in [1.165, 1.54) is 6.92 Å². The largest absolute Gasteiger partial charge is 0.294 e.